The number of aryl methyl sites for hydroxylation is 1. The number of nitro groups is 1. The molecule has 0 N–H and O–H groups in total. The van der Waals surface area contributed by atoms with E-state index in [0.717, 1.165) is 22.4 Å². The quantitative estimate of drug-likeness (QED) is 0.140. The Hall–Kier alpha value is -4.53. The maximum absolute atomic E-state index is 13.7. The van der Waals surface area contributed by atoms with Gasteiger partial charge in [0, 0.05) is 23.3 Å². The molecule has 0 atom stereocenters. The number of nitro benzene ring substituents is 1. The number of nitrogens with zero attached hydrogens (tertiary/aromatic N) is 4. The van der Waals surface area contributed by atoms with Gasteiger partial charge in [-0.05, 0) is 75.1 Å². The van der Waals surface area contributed by atoms with Gasteiger partial charge in [0.25, 0.3) is 11.2 Å². The Labute approximate surface area is 226 Å². The van der Waals surface area contributed by atoms with Gasteiger partial charge in [-0.3, -0.25) is 14.9 Å². The van der Waals surface area contributed by atoms with Crippen LogP contribution in [0.1, 0.15) is 57.2 Å². The number of para-hydroxylation sites is 1. The molecule has 202 valence electrons. The molecular weight excluding hydrogens is 496 g/mol. The van der Waals surface area contributed by atoms with Crippen LogP contribution in [-0.2, 0) is 0 Å². The summed E-state index contributed by atoms with van der Waals surface area (Å²) in [5.41, 5.74) is 3.04. The van der Waals surface area contributed by atoms with Crippen molar-refractivity contribution in [2.24, 2.45) is 5.10 Å². The van der Waals surface area contributed by atoms with E-state index >= 15 is 0 Å². The number of ether oxygens (including phenoxy) is 2. The molecule has 1 aromatic heterocycles. The van der Waals surface area contributed by atoms with Crippen LogP contribution in [0.5, 0.6) is 11.5 Å². The largest absolute Gasteiger partial charge is 0.494 e. The minimum Gasteiger partial charge on any atom is -0.494 e. The molecule has 39 heavy (non-hydrogen) atoms. The molecular formula is C30H32N4O5. The first-order valence-corrected chi connectivity index (χ1v) is 12.9. The highest BCUT2D eigenvalue weighted by atomic mass is 16.6. The average Bonchev–Trinajstić information content (AvgIpc) is 2.88. The van der Waals surface area contributed by atoms with Gasteiger partial charge in [0.2, 0.25) is 0 Å². The van der Waals surface area contributed by atoms with Crippen LogP contribution in [-0.4, -0.2) is 33.5 Å². The minimum absolute atomic E-state index is 0.110. The second-order valence-corrected chi connectivity index (χ2v) is 9.75. The van der Waals surface area contributed by atoms with Gasteiger partial charge < -0.3 is 9.47 Å². The molecule has 3 aromatic carbocycles. The SMILES string of the molecule is CCOc1cc(C)c(-c2nc3ccccc3c(=O)n2N=Cc2cc([N+](=O)[O-])ccc2OC(C)C)cc1C(C)C. The van der Waals surface area contributed by atoms with Gasteiger partial charge in [-0.25, -0.2) is 4.98 Å². The lowest BCUT2D eigenvalue weighted by Crippen LogP contribution is -2.21. The van der Waals surface area contributed by atoms with E-state index in [-0.39, 0.29) is 23.3 Å². The topological polar surface area (TPSA) is 109 Å². The van der Waals surface area contributed by atoms with E-state index < -0.39 is 4.92 Å². The van der Waals surface area contributed by atoms with Gasteiger partial charge in [0.15, 0.2) is 5.82 Å². The summed E-state index contributed by atoms with van der Waals surface area (Å²) in [5, 5.41) is 16.4. The Balaban J connectivity index is 1.98. The summed E-state index contributed by atoms with van der Waals surface area (Å²) >= 11 is 0. The third-order valence-corrected chi connectivity index (χ3v) is 6.15. The van der Waals surface area contributed by atoms with Crippen molar-refractivity contribution in [1.82, 2.24) is 9.66 Å². The molecule has 0 aliphatic heterocycles. The first kappa shape index (κ1) is 27.5. The highest BCUT2D eigenvalue weighted by Gasteiger charge is 2.19. The predicted molar refractivity (Wildman–Crippen MR) is 153 cm³/mol. The second-order valence-electron chi connectivity index (χ2n) is 9.75. The lowest BCUT2D eigenvalue weighted by molar-refractivity contribution is -0.384. The van der Waals surface area contributed by atoms with Crippen molar-refractivity contribution in [3.8, 4) is 22.9 Å². The van der Waals surface area contributed by atoms with Crippen molar-refractivity contribution in [1.29, 1.82) is 0 Å². The van der Waals surface area contributed by atoms with E-state index in [1.54, 1.807) is 18.2 Å². The van der Waals surface area contributed by atoms with Crippen molar-refractivity contribution in [3.05, 3.63) is 91.8 Å². The number of benzene rings is 3. The number of fused-ring (bicyclic) bond motifs is 1. The van der Waals surface area contributed by atoms with E-state index in [1.807, 2.05) is 45.9 Å². The molecule has 0 aliphatic rings. The number of aromatic nitrogens is 2. The summed E-state index contributed by atoms with van der Waals surface area (Å²) in [5.74, 6) is 1.73. The molecule has 9 heteroatoms. The van der Waals surface area contributed by atoms with Crippen LogP contribution in [0.25, 0.3) is 22.3 Å². The molecule has 4 aromatic rings. The lowest BCUT2D eigenvalue weighted by atomic mass is 9.96. The van der Waals surface area contributed by atoms with Crippen LogP contribution >= 0.6 is 0 Å². The third kappa shape index (κ3) is 5.82. The highest BCUT2D eigenvalue weighted by Crippen LogP contribution is 2.34. The zero-order valence-corrected chi connectivity index (χ0v) is 23.0. The number of rotatable bonds is 9. The average molecular weight is 529 g/mol. The molecule has 4 rings (SSSR count). The Kier molecular flexibility index (Phi) is 8.09. The Morgan fingerprint density at radius 3 is 2.49 bits per heavy atom. The van der Waals surface area contributed by atoms with Gasteiger partial charge in [-0.15, -0.1) is 0 Å². The van der Waals surface area contributed by atoms with E-state index in [1.165, 1.54) is 29.1 Å². The first-order valence-electron chi connectivity index (χ1n) is 12.9. The molecule has 0 amide bonds. The van der Waals surface area contributed by atoms with Gasteiger partial charge in [-0.2, -0.15) is 9.78 Å². The summed E-state index contributed by atoms with van der Waals surface area (Å²) in [6.07, 6.45) is 1.24. The lowest BCUT2D eigenvalue weighted by Gasteiger charge is -2.18. The summed E-state index contributed by atoms with van der Waals surface area (Å²) in [6, 6.07) is 15.3. The van der Waals surface area contributed by atoms with Crippen LogP contribution in [0.3, 0.4) is 0 Å². The molecule has 0 saturated carbocycles. The molecule has 0 bridgehead atoms. The summed E-state index contributed by atoms with van der Waals surface area (Å²) in [4.78, 5) is 29.5. The molecule has 0 unspecified atom stereocenters. The van der Waals surface area contributed by atoms with Crippen molar-refractivity contribution < 1.29 is 14.4 Å². The van der Waals surface area contributed by atoms with Crippen LogP contribution in [0.15, 0.2) is 64.5 Å². The van der Waals surface area contributed by atoms with Gasteiger partial charge in [-0.1, -0.05) is 26.0 Å². The van der Waals surface area contributed by atoms with Crippen LogP contribution in [0, 0.1) is 17.0 Å². The van der Waals surface area contributed by atoms with Crippen molar-refractivity contribution in [3.63, 3.8) is 0 Å². The van der Waals surface area contributed by atoms with Crippen molar-refractivity contribution in [2.75, 3.05) is 6.61 Å². The molecule has 9 nitrogen and oxygen atoms in total. The van der Waals surface area contributed by atoms with Crippen LogP contribution in [0.4, 0.5) is 5.69 Å². The molecule has 0 aliphatic carbocycles. The Bertz CT molecular complexity index is 1620. The third-order valence-electron chi connectivity index (χ3n) is 6.15. The highest BCUT2D eigenvalue weighted by molar-refractivity contribution is 5.85. The van der Waals surface area contributed by atoms with Gasteiger partial charge >= 0.3 is 0 Å². The van der Waals surface area contributed by atoms with Gasteiger partial charge in [0.05, 0.1) is 34.8 Å². The normalized spacial score (nSPS) is 11.6. The second kappa shape index (κ2) is 11.5. The smallest absolute Gasteiger partial charge is 0.282 e. The minimum atomic E-state index is -0.484. The zero-order valence-electron chi connectivity index (χ0n) is 23.0. The van der Waals surface area contributed by atoms with Crippen LogP contribution in [0.2, 0.25) is 0 Å². The van der Waals surface area contributed by atoms with Gasteiger partial charge in [0.1, 0.15) is 11.5 Å². The Morgan fingerprint density at radius 1 is 1.08 bits per heavy atom. The molecule has 0 fully saturated rings. The summed E-state index contributed by atoms with van der Waals surface area (Å²) in [7, 11) is 0. The van der Waals surface area contributed by atoms with Crippen LogP contribution < -0.4 is 15.0 Å². The Morgan fingerprint density at radius 2 is 1.82 bits per heavy atom. The van der Waals surface area contributed by atoms with E-state index in [2.05, 4.69) is 18.9 Å². The fourth-order valence-corrected chi connectivity index (χ4v) is 4.31. The first-order chi connectivity index (χ1) is 18.6. The zero-order chi connectivity index (χ0) is 28.3. The molecule has 0 spiro atoms. The standard InChI is InChI=1S/C30H32N4O5/c1-7-38-28-14-20(6)25(16-24(28)18(2)3)29-32-26-11-9-8-10-23(26)30(35)33(29)31-17-21-15-22(34(36)37)12-13-27(21)39-19(4)5/h8-19H,7H2,1-6H3. The number of non-ortho nitro benzene ring substituents is 1. The van der Waals surface area contributed by atoms with E-state index in [9.17, 15) is 14.9 Å². The maximum Gasteiger partial charge on any atom is 0.282 e. The van der Waals surface area contributed by atoms with E-state index in [0.29, 0.717) is 34.6 Å². The molecule has 0 radical (unpaired) electrons. The monoisotopic (exact) mass is 528 g/mol. The number of hydrogen-bond acceptors (Lipinski definition) is 7. The summed E-state index contributed by atoms with van der Waals surface area (Å²) < 4.78 is 13.0. The van der Waals surface area contributed by atoms with Crippen molar-refractivity contribution in [2.45, 2.75) is 53.6 Å². The van der Waals surface area contributed by atoms with Crippen molar-refractivity contribution >= 4 is 22.8 Å². The fourth-order valence-electron chi connectivity index (χ4n) is 4.31. The summed E-state index contributed by atoms with van der Waals surface area (Å²) in [6.45, 7) is 12.3. The van der Waals surface area contributed by atoms with E-state index in [4.69, 9.17) is 14.5 Å². The molecule has 0 saturated heterocycles. The molecule has 1 heterocycles. The fraction of sp³-hybridized carbons (Fsp3) is 0.300. The predicted octanol–water partition coefficient (Wildman–Crippen LogP) is 6.47. The number of hydrogen-bond donors (Lipinski definition) is 0. The maximum atomic E-state index is 13.7.